The van der Waals surface area contributed by atoms with Gasteiger partial charge in [-0.2, -0.15) is 0 Å². The molecule has 0 bridgehead atoms. The zero-order chi connectivity index (χ0) is 12.0. The Hall–Kier alpha value is -0.470. The van der Waals surface area contributed by atoms with Crippen LogP contribution in [-0.2, 0) is 0 Å². The van der Waals surface area contributed by atoms with Crippen LogP contribution in [0.4, 0.5) is 0 Å². The van der Waals surface area contributed by atoms with E-state index < -0.39 is 0 Å². The number of thioether (sulfide) groups is 1. The van der Waals surface area contributed by atoms with Gasteiger partial charge in [-0.25, -0.2) is 0 Å². The molecule has 1 aromatic rings. The molecule has 90 valence electrons. The molecule has 0 fully saturated rings. The maximum absolute atomic E-state index is 3.46. The predicted molar refractivity (Wildman–Crippen MR) is 74.1 cm³/mol. The standard InChI is InChI=1S/C14H23NS/c1-5-8-11(2)14(15-3)12-9-6-7-10-13(12)16-4/h6-7,9-11,14-15H,5,8H2,1-4H3. The first kappa shape index (κ1) is 13.6. The summed E-state index contributed by atoms with van der Waals surface area (Å²) in [6.07, 6.45) is 4.67. The number of hydrogen-bond acceptors (Lipinski definition) is 2. The molecule has 0 aliphatic rings. The highest BCUT2D eigenvalue weighted by Crippen LogP contribution is 2.31. The van der Waals surface area contributed by atoms with Crippen molar-refractivity contribution in [1.82, 2.24) is 5.32 Å². The Morgan fingerprint density at radius 1 is 1.31 bits per heavy atom. The first-order valence-corrected chi connectivity index (χ1v) is 7.27. The molecule has 0 saturated heterocycles. The lowest BCUT2D eigenvalue weighted by atomic mass is 9.91. The van der Waals surface area contributed by atoms with Crippen molar-refractivity contribution < 1.29 is 0 Å². The van der Waals surface area contributed by atoms with E-state index in [0.717, 1.165) is 0 Å². The van der Waals surface area contributed by atoms with Gasteiger partial charge in [0.1, 0.15) is 0 Å². The number of rotatable bonds is 6. The highest BCUT2D eigenvalue weighted by atomic mass is 32.2. The summed E-state index contributed by atoms with van der Waals surface area (Å²) >= 11 is 1.83. The molecule has 2 heteroatoms. The first-order valence-electron chi connectivity index (χ1n) is 6.04. The fraction of sp³-hybridized carbons (Fsp3) is 0.571. The Morgan fingerprint density at radius 2 is 2.00 bits per heavy atom. The summed E-state index contributed by atoms with van der Waals surface area (Å²) in [7, 11) is 2.06. The maximum Gasteiger partial charge on any atom is 0.0354 e. The van der Waals surface area contributed by atoms with Crippen LogP contribution in [0.15, 0.2) is 29.2 Å². The Kier molecular flexibility index (Phi) is 5.93. The van der Waals surface area contributed by atoms with E-state index in [1.165, 1.54) is 23.3 Å². The third kappa shape index (κ3) is 3.26. The molecule has 1 rings (SSSR count). The molecule has 2 unspecified atom stereocenters. The minimum absolute atomic E-state index is 0.476. The topological polar surface area (TPSA) is 12.0 Å². The van der Waals surface area contributed by atoms with Crippen LogP contribution in [0.3, 0.4) is 0 Å². The SMILES string of the molecule is CCCC(C)C(NC)c1ccccc1SC. The normalized spacial score (nSPS) is 14.8. The van der Waals surface area contributed by atoms with E-state index in [2.05, 4.69) is 56.7 Å². The highest BCUT2D eigenvalue weighted by molar-refractivity contribution is 7.98. The van der Waals surface area contributed by atoms with Gasteiger partial charge in [0.2, 0.25) is 0 Å². The summed E-state index contributed by atoms with van der Waals surface area (Å²) in [5.74, 6) is 0.684. The second kappa shape index (κ2) is 6.97. The van der Waals surface area contributed by atoms with E-state index in [4.69, 9.17) is 0 Å². The van der Waals surface area contributed by atoms with Crippen molar-refractivity contribution in [2.24, 2.45) is 5.92 Å². The Morgan fingerprint density at radius 3 is 2.56 bits per heavy atom. The number of hydrogen-bond donors (Lipinski definition) is 1. The third-order valence-electron chi connectivity index (χ3n) is 3.10. The second-order valence-electron chi connectivity index (χ2n) is 4.27. The lowest BCUT2D eigenvalue weighted by Gasteiger charge is -2.25. The van der Waals surface area contributed by atoms with Crippen molar-refractivity contribution in [2.75, 3.05) is 13.3 Å². The van der Waals surface area contributed by atoms with Gasteiger partial charge in [0.15, 0.2) is 0 Å². The molecule has 2 atom stereocenters. The molecule has 0 amide bonds. The average Bonchev–Trinajstić information content (AvgIpc) is 2.31. The Bertz CT molecular complexity index is 311. The zero-order valence-corrected chi connectivity index (χ0v) is 11.6. The summed E-state index contributed by atoms with van der Waals surface area (Å²) in [6, 6.07) is 9.19. The van der Waals surface area contributed by atoms with Gasteiger partial charge in [0.05, 0.1) is 0 Å². The molecule has 0 heterocycles. The molecule has 0 aromatic heterocycles. The van der Waals surface area contributed by atoms with E-state index in [1.807, 2.05) is 11.8 Å². The van der Waals surface area contributed by atoms with Gasteiger partial charge in [-0.15, -0.1) is 11.8 Å². The van der Waals surface area contributed by atoms with Crippen LogP contribution >= 0.6 is 11.8 Å². The summed E-state index contributed by atoms with van der Waals surface area (Å²) in [6.45, 7) is 4.59. The van der Waals surface area contributed by atoms with Crippen molar-refractivity contribution >= 4 is 11.8 Å². The van der Waals surface area contributed by atoms with Crippen LogP contribution in [0.2, 0.25) is 0 Å². The minimum atomic E-state index is 0.476. The van der Waals surface area contributed by atoms with Crippen LogP contribution in [0.1, 0.15) is 38.3 Å². The van der Waals surface area contributed by atoms with E-state index >= 15 is 0 Å². The Labute approximate surface area is 104 Å². The lowest BCUT2D eigenvalue weighted by Crippen LogP contribution is -2.24. The molecule has 0 saturated carbocycles. The highest BCUT2D eigenvalue weighted by Gasteiger charge is 2.18. The van der Waals surface area contributed by atoms with Crippen molar-refractivity contribution in [3.63, 3.8) is 0 Å². The monoisotopic (exact) mass is 237 g/mol. The summed E-state index contributed by atoms with van der Waals surface area (Å²) in [4.78, 5) is 1.39. The predicted octanol–water partition coefficient (Wildman–Crippen LogP) is 4.11. The van der Waals surface area contributed by atoms with Crippen molar-refractivity contribution in [2.45, 2.75) is 37.6 Å². The molecule has 0 aliphatic heterocycles. The van der Waals surface area contributed by atoms with Crippen LogP contribution in [0.5, 0.6) is 0 Å². The van der Waals surface area contributed by atoms with E-state index in [1.54, 1.807) is 0 Å². The van der Waals surface area contributed by atoms with E-state index in [9.17, 15) is 0 Å². The molecular weight excluding hydrogens is 214 g/mol. The second-order valence-corrected chi connectivity index (χ2v) is 5.12. The fourth-order valence-corrected chi connectivity index (χ4v) is 2.94. The smallest absolute Gasteiger partial charge is 0.0354 e. The van der Waals surface area contributed by atoms with Crippen LogP contribution in [0.25, 0.3) is 0 Å². The zero-order valence-electron chi connectivity index (χ0n) is 10.8. The lowest BCUT2D eigenvalue weighted by molar-refractivity contribution is 0.380. The summed E-state index contributed by atoms with van der Waals surface area (Å²) in [5, 5.41) is 3.46. The minimum Gasteiger partial charge on any atom is -0.313 e. The molecule has 1 aromatic carbocycles. The van der Waals surface area contributed by atoms with E-state index in [-0.39, 0.29) is 0 Å². The average molecular weight is 237 g/mol. The Balaban J connectivity index is 2.93. The van der Waals surface area contributed by atoms with Gasteiger partial charge in [0.25, 0.3) is 0 Å². The van der Waals surface area contributed by atoms with Crippen LogP contribution in [0, 0.1) is 5.92 Å². The van der Waals surface area contributed by atoms with Crippen LogP contribution in [-0.4, -0.2) is 13.3 Å². The van der Waals surface area contributed by atoms with Crippen molar-refractivity contribution in [3.05, 3.63) is 29.8 Å². The first-order chi connectivity index (χ1) is 7.74. The molecular formula is C14H23NS. The molecule has 1 N–H and O–H groups in total. The number of nitrogens with one attached hydrogen (secondary N) is 1. The van der Waals surface area contributed by atoms with Crippen LogP contribution < -0.4 is 5.32 Å². The van der Waals surface area contributed by atoms with Gasteiger partial charge < -0.3 is 5.32 Å². The van der Waals surface area contributed by atoms with Gasteiger partial charge in [-0.1, -0.05) is 38.5 Å². The fourth-order valence-electron chi connectivity index (χ4n) is 2.29. The molecule has 0 radical (unpaired) electrons. The molecule has 16 heavy (non-hydrogen) atoms. The van der Waals surface area contributed by atoms with Crippen molar-refractivity contribution in [1.29, 1.82) is 0 Å². The number of benzene rings is 1. The molecule has 0 spiro atoms. The van der Waals surface area contributed by atoms with Crippen molar-refractivity contribution in [3.8, 4) is 0 Å². The van der Waals surface area contributed by atoms with Gasteiger partial charge >= 0.3 is 0 Å². The van der Waals surface area contributed by atoms with E-state index in [0.29, 0.717) is 12.0 Å². The quantitative estimate of drug-likeness (QED) is 0.747. The van der Waals surface area contributed by atoms with Gasteiger partial charge in [-0.05, 0) is 37.3 Å². The summed E-state index contributed by atoms with van der Waals surface area (Å²) < 4.78 is 0. The molecule has 0 aliphatic carbocycles. The maximum atomic E-state index is 3.46. The summed E-state index contributed by atoms with van der Waals surface area (Å²) in [5.41, 5.74) is 1.44. The van der Waals surface area contributed by atoms with Gasteiger partial charge in [-0.3, -0.25) is 0 Å². The third-order valence-corrected chi connectivity index (χ3v) is 3.91. The largest absolute Gasteiger partial charge is 0.313 e. The molecule has 1 nitrogen and oxygen atoms in total. The van der Waals surface area contributed by atoms with Gasteiger partial charge in [0, 0.05) is 10.9 Å².